The largest absolute Gasteiger partial charge is 0.346 e. The lowest BCUT2D eigenvalue weighted by atomic mass is 10.6. The third-order valence-corrected chi connectivity index (χ3v) is 1.88. The van der Waals surface area contributed by atoms with Crippen molar-refractivity contribution < 1.29 is 0 Å². The molecular weight excluding hydrogens is 150 g/mol. The molecule has 0 bridgehead atoms. The van der Waals surface area contributed by atoms with E-state index in [1.165, 1.54) is 17.5 Å². The van der Waals surface area contributed by atoms with Crippen LogP contribution in [0.1, 0.15) is 0 Å². The maximum atomic E-state index is 10.6. The van der Waals surface area contributed by atoms with Gasteiger partial charge < -0.3 is 0 Å². The van der Waals surface area contributed by atoms with E-state index in [2.05, 4.69) is 15.0 Å². The van der Waals surface area contributed by atoms with Crippen molar-refractivity contribution in [1.82, 2.24) is 15.0 Å². The molecule has 5 heteroatoms. The first-order chi connectivity index (χ1) is 4.86. The lowest BCUT2D eigenvalue weighted by Gasteiger charge is -1.81. The highest BCUT2D eigenvalue weighted by Gasteiger charge is 1.94. The molecule has 2 rings (SSSR count). The molecule has 0 aliphatic carbocycles. The van der Waals surface area contributed by atoms with Crippen LogP contribution in [0.4, 0.5) is 0 Å². The molecule has 0 fully saturated rings. The zero-order valence-corrected chi connectivity index (χ0v) is 5.68. The van der Waals surface area contributed by atoms with Crippen LogP contribution in [0, 0.1) is 0 Å². The van der Waals surface area contributed by atoms with Crippen LogP contribution >= 0.6 is 11.3 Å². The molecule has 2 aromatic heterocycles. The maximum Gasteiger partial charge on any atom is 0.346 e. The fraction of sp³-hybridized carbons (Fsp3) is 0. The van der Waals surface area contributed by atoms with Crippen molar-refractivity contribution in [3.05, 3.63) is 22.2 Å². The fourth-order valence-corrected chi connectivity index (χ4v) is 1.33. The first kappa shape index (κ1) is 5.55. The Bertz CT molecular complexity index is 404. The maximum absolute atomic E-state index is 10.6. The molecule has 0 amide bonds. The van der Waals surface area contributed by atoms with Gasteiger partial charge in [-0.1, -0.05) is 0 Å². The Labute approximate surface area is 59.6 Å². The minimum atomic E-state index is -0.322. The topological polar surface area (TPSA) is 58.6 Å². The lowest BCUT2D eigenvalue weighted by molar-refractivity contribution is 1.12. The molecule has 0 aliphatic rings. The highest BCUT2D eigenvalue weighted by atomic mass is 32.1. The molecule has 10 heavy (non-hydrogen) atoms. The average Bonchev–Trinajstić information content (AvgIpc) is 2.33. The third kappa shape index (κ3) is 0.714. The number of hydrogen-bond donors (Lipinski definition) is 1. The molecule has 0 atom stereocenters. The predicted octanol–water partition coefficient (Wildman–Crippen LogP) is 0.380. The smallest absolute Gasteiger partial charge is 0.296 e. The molecule has 0 spiro atoms. The van der Waals surface area contributed by atoms with Gasteiger partial charge in [-0.25, -0.2) is 9.78 Å². The van der Waals surface area contributed by atoms with Gasteiger partial charge in [0.15, 0.2) is 0 Å². The lowest BCUT2D eigenvalue weighted by Crippen LogP contribution is -2.07. The summed E-state index contributed by atoms with van der Waals surface area (Å²) in [6.07, 6.45) is 1.46. The summed E-state index contributed by atoms with van der Waals surface area (Å²) in [4.78, 5) is 21.4. The van der Waals surface area contributed by atoms with E-state index in [0.29, 0.717) is 0 Å². The second-order valence-electron chi connectivity index (χ2n) is 1.76. The van der Waals surface area contributed by atoms with Crippen molar-refractivity contribution in [2.75, 3.05) is 0 Å². The van der Waals surface area contributed by atoms with Gasteiger partial charge in [-0.05, 0) is 0 Å². The van der Waals surface area contributed by atoms with E-state index in [0.717, 1.165) is 10.3 Å². The van der Waals surface area contributed by atoms with E-state index in [1.807, 2.05) is 0 Å². The number of thiazole rings is 1. The van der Waals surface area contributed by atoms with Crippen LogP contribution in [0.15, 0.2) is 16.5 Å². The SMILES string of the molecule is O=c1ncc2ncsc2[nH]1. The Morgan fingerprint density at radius 1 is 1.50 bits per heavy atom. The fourth-order valence-electron chi connectivity index (χ4n) is 0.689. The number of rotatable bonds is 0. The van der Waals surface area contributed by atoms with E-state index in [-0.39, 0.29) is 5.69 Å². The zero-order chi connectivity index (χ0) is 6.97. The molecule has 2 aromatic rings. The van der Waals surface area contributed by atoms with Crippen LogP contribution in [0.3, 0.4) is 0 Å². The summed E-state index contributed by atoms with van der Waals surface area (Å²) in [6, 6.07) is 0. The number of fused-ring (bicyclic) bond motifs is 1. The van der Waals surface area contributed by atoms with Crippen LogP contribution in [-0.2, 0) is 0 Å². The molecule has 0 saturated carbocycles. The highest BCUT2D eigenvalue weighted by Crippen LogP contribution is 2.09. The van der Waals surface area contributed by atoms with Crippen LogP contribution in [-0.4, -0.2) is 15.0 Å². The van der Waals surface area contributed by atoms with E-state index < -0.39 is 0 Å². The van der Waals surface area contributed by atoms with Gasteiger partial charge in [0.2, 0.25) is 0 Å². The van der Waals surface area contributed by atoms with Gasteiger partial charge in [-0.2, -0.15) is 4.98 Å². The quantitative estimate of drug-likeness (QED) is 0.595. The van der Waals surface area contributed by atoms with Gasteiger partial charge in [-0.15, -0.1) is 11.3 Å². The molecule has 0 aromatic carbocycles. The summed E-state index contributed by atoms with van der Waals surface area (Å²) in [5, 5.41) is 0. The Hall–Kier alpha value is -1.23. The van der Waals surface area contributed by atoms with Gasteiger partial charge >= 0.3 is 5.69 Å². The monoisotopic (exact) mass is 153 g/mol. The van der Waals surface area contributed by atoms with E-state index in [4.69, 9.17) is 0 Å². The first-order valence-electron chi connectivity index (χ1n) is 2.65. The zero-order valence-electron chi connectivity index (χ0n) is 4.87. The summed E-state index contributed by atoms with van der Waals surface area (Å²) < 4.78 is 0. The van der Waals surface area contributed by atoms with Crippen LogP contribution in [0.2, 0.25) is 0 Å². The average molecular weight is 153 g/mol. The molecule has 2 heterocycles. The Morgan fingerprint density at radius 2 is 2.40 bits per heavy atom. The normalized spacial score (nSPS) is 10.4. The van der Waals surface area contributed by atoms with E-state index >= 15 is 0 Å². The van der Waals surface area contributed by atoms with Crippen LogP contribution in [0.5, 0.6) is 0 Å². The van der Waals surface area contributed by atoms with Crippen molar-refractivity contribution in [3.8, 4) is 0 Å². The van der Waals surface area contributed by atoms with Gasteiger partial charge in [0.1, 0.15) is 10.3 Å². The summed E-state index contributed by atoms with van der Waals surface area (Å²) in [5.41, 5.74) is 2.09. The highest BCUT2D eigenvalue weighted by molar-refractivity contribution is 7.16. The van der Waals surface area contributed by atoms with Crippen molar-refractivity contribution in [1.29, 1.82) is 0 Å². The van der Waals surface area contributed by atoms with Crippen LogP contribution < -0.4 is 5.69 Å². The van der Waals surface area contributed by atoms with Gasteiger partial charge in [0, 0.05) is 0 Å². The molecule has 1 N–H and O–H groups in total. The van der Waals surface area contributed by atoms with Crippen molar-refractivity contribution in [2.45, 2.75) is 0 Å². The number of H-pyrrole nitrogens is 1. The Balaban J connectivity index is 2.99. The number of aromatic amines is 1. The summed E-state index contributed by atoms with van der Waals surface area (Å²) in [7, 11) is 0. The number of nitrogens with zero attached hydrogens (tertiary/aromatic N) is 2. The van der Waals surface area contributed by atoms with Crippen molar-refractivity contribution in [2.24, 2.45) is 0 Å². The first-order valence-corrected chi connectivity index (χ1v) is 3.53. The van der Waals surface area contributed by atoms with Crippen molar-refractivity contribution >= 4 is 21.7 Å². The number of aromatic nitrogens is 3. The van der Waals surface area contributed by atoms with E-state index in [9.17, 15) is 4.79 Å². The number of nitrogens with one attached hydrogen (secondary N) is 1. The molecule has 4 nitrogen and oxygen atoms in total. The standard InChI is InChI=1S/C5H3N3OS/c9-5-6-1-3-4(8-5)10-2-7-3/h1-2H,(H,6,8,9). The predicted molar refractivity (Wildman–Crippen MR) is 38.0 cm³/mol. The van der Waals surface area contributed by atoms with Gasteiger partial charge in [-0.3, -0.25) is 4.98 Å². The van der Waals surface area contributed by atoms with Gasteiger partial charge in [0.05, 0.1) is 11.7 Å². The second kappa shape index (κ2) is 1.88. The molecule has 0 saturated heterocycles. The molecule has 0 aliphatic heterocycles. The van der Waals surface area contributed by atoms with Crippen LogP contribution in [0.25, 0.3) is 10.3 Å². The summed E-state index contributed by atoms with van der Waals surface area (Å²) in [5.74, 6) is 0. The molecule has 0 unspecified atom stereocenters. The third-order valence-electron chi connectivity index (χ3n) is 1.12. The Kier molecular flexibility index (Phi) is 1.04. The second-order valence-corrected chi connectivity index (χ2v) is 2.61. The summed E-state index contributed by atoms with van der Waals surface area (Å²) in [6.45, 7) is 0. The van der Waals surface area contributed by atoms with E-state index in [1.54, 1.807) is 5.51 Å². The minimum absolute atomic E-state index is 0.322. The molecular formula is C5H3N3OS. The van der Waals surface area contributed by atoms with Crippen molar-refractivity contribution in [3.63, 3.8) is 0 Å². The summed E-state index contributed by atoms with van der Waals surface area (Å²) >= 11 is 1.39. The van der Waals surface area contributed by atoms with Gasteiger partial charge in [0.25, 0.3) is 0 Å². The minimum Gasteiger partial charge on any atom is -0.296 e. The Morgan fingerprint density at radius 3 is 3.30 bits per heavy atom. The number of hydrogen-bond acceptors (Lipinski definition) is 4. The molecule has 50 valence electrons. The molecule has 0 radical (unpaired) electrons.